The molecule has 1 aromatic rings. The van der Waals surface area contributed by atoms with E-state index in [1.54, 1.807) is 6.07 Å². The van der Waals surface area contributed by atoms with Crippen LogP contribution in [0.3, 0.4) is 0 Å². The summed E-state index contributed by atoms with van der Waals surface area (Å²) in [6.07, 6.45) is 4.88. The van der Waals surface area contributed by atoms with Crippen LogP contribution in [0.15, 0.2) is 18.2 Å². The lowest BCUT2D eigenvalue weighted by atomic mass is 9.98. The molecule has 1 fully saturated rings. The second kappa shape index (κ2) is 6.19. The normalized spacial score (nSPS) is 21.6. The van der Waals surface area contributed by atoms with Crippen LogP contribution in [0.4, 0.5) is 10.1 Å². The van der Waals surface area contributed by atoms with Gasteiger partial charge in [0.25, 0.3) is 0 Å². The number of hydrogen-bond acceptors (Lipinski definition) is 2. The van der Waals surface area contributed by atoms with Gasteiger partial charge in [0.05, 0.1) is 5.69 Å². The Balaban J connectivity index is 1.89. The standard InChI is InChI=1S/C15H23FN2/c1-11-6-7-14(16)15(9-11)18-12(2)10-13-5-3-4-8-17-13/h6-7,9,12-13,17-18H,3-5,8,10H2,1-2H3. The van der Waals surface area contributed by atoms with Crippen molar-refractivity contribution in [3.63, 3.8) is 0 Å². The van der Waals surface area contributed by atoms with Crippen molar-refractivity contribution < 1.29 is 4.39 Å². The summed E-state index contributed by atoms with van der Waals surface area (Å²) < 4.78 is 13.6. The minimum atomic E-state index is -0.163. The third kappa shape index (κ3) is 3.70. The lowest BCUT2D eigenvalue weighted by Crippen LogP contribution is -2.37. The number of benzene rings is 1. The van der Waals surface area contributed by atoms with Crippen LogP contribution in [-0.2, 0) is 0 Å². The molecule has 0 spiro atoms. The molecule has 2 N–H and O–H groups in total. The van der Waals surface area contributed by atoms with E-state index in [9.17, 15) is 4.39 Å². The summed E-state index contributed by atoms with van der Waals surface area (Å²) in [6, 6.07) is 6.07. The van der Waals surface area contributed by atoms with E-state index < -0.39 is 0 Å². The average molecular weight is 250 g/mol. The molecule has 1 aliphatic heterocycles. The molecule has 2 unspecified atom stereocenters. The Kier molecular flexibility index (Phi) is 4.59. The number of anilines is 1. The predicted molar refractivity (Wildman–Crippen MR) is 74.5 cm³/mol. The molecule has 0 bridgehead atoms. The topological polar surface area (TPSA) is 24.1 Å². The van der Waals surface area contributed by atoms with Gasteiger partial charge >= 0.3 is 0 Å². The fourth-order valence-electron chi connectivity index (χ4n) is 2.63. The van der Waals surface area contributed by atoms with Gasteiger partial charge in [0.2, 0.25) is 0 Å². The summed E-state index contributed by atoms with van der Waals surface area (Å²) in [6.45, 7) is 5.23. The molecular weight excluding hydrogens is 227 g/mol. The van der Waals surface area contributed by atoms with Crippen molar-refractivity contribution in [2.75, 3.05) is 11.9 Å². The van der Waals surface area contributed by atoms with Crippen LogP contribution < -0.4 is 10.6 Å². The maximum Gasteiger partial charge on any atom is 0.146 e. The first-order chi connectivity index (χ1) is 8.65. The lowest BCUT2D eigenvalue weighted by molar-refractivity contribution is 0.371. The Hall–Kier alpha value is -1.09. The van der Waals surface area contributed by atoms with Gasteiger partial charge in [-0.2, -0.15) is 0 Å². The summed E-state index contributed by atoms with van der Waals surface area (Å²) in [5.74, 6) is -0.163. The van der Waals surface area contributed by atoms with Gasteiger partial charge in [-0.15, -0.1) is 0 Å². The molecule has 0 radical (unpaired) electrons. The highest BCUT2D eigenvalue weighted by Crippen LogP contribution is 2.19. The Morgan fingerprint density at radius 2 is 2.28 bits per heavy atom. The minimum Gasteiger partial charge on any atom is -0.380 e. The van der Waals surface area contributed by atoms with Crippen molar-refractivity contribution in [1.29, 1.82) is 0 Å². The molecule has 1 saturated heterocycles. The third-order valence-electron chi connectivity index (χ3n) is 3.57. The zero-order valence-electron chi connectivity index (χ0n) is 11.3. The first kappa shape index (κ1) is 13.3. The van der Waals surface area contributed by atoms with Gasteiger partial charge in [-0.1, -0.05) is 12.5 Å². The second-order valence-corrected chi connectivity index (χ2v) is 5.41. The molecule has 0 aromatic heterocycles. The molecule has 1 heterocycles. The number of piperidine rings is 1. The molecule has 1 aromatic carbocycles. The highest BCUT2D eigenvalue weighted by Gasteiger charge is 2.16. The first-order valence-electron chi connectivity index (χ1n) is 6.91. The maximum absolute atomic E-state index is 13.6. The number of rotatable bonds is 4. The van der Waals surface area contributed by atoms with Crippen molar-refractivity contribution in [3.8, 4) is 0 Å². The van der Waals surface area contributed by atoms with Gasteiger partial charge in [-0.05, 0) is 57.4 Å². The van der Waals surface area contributed by atoms with Crippen LogP contribution in [-0.4, -0.2) is 18.6 Å². The Bertz CT molecular complexity index is 386. The van der Waals surface area contributed by atoms with Crippen LogP contribution in [0, 0.1) is 12.7 Å². The molecule has 1 aliphatic rings. The molecule has 0 aliphatic carbocycles. The summed E-state index contributed by atoms with van der Waals surface area (Å²) in [4.78, 5) is 0. The molecule has 0 amide bonds. The van der Waals surface area contributed by atoms with Gasteiger partial charge in [-0.3, -0.25) is 0 Å². The highest BCUT2D eigenvalue weighted by molar-refractivity contribution is 5.47. The highest BCUT2D eigenvalue weighted by atomic mass is 19.1. The molecule has 18 heavy (non-hydrogen) atoms. The quantitative estimate of drug-likeness (QED) is 0.855. The monoisotopic (exact) mass is 250 g/mol. The lowest BCUT2D eigenvalue weighted by Gasteiger charge is -2.27. The van der Waals surface area contributed by atoms with Gasteiger partial charge in [0, 0.05) is 12.1 Å². The van der Waals surface area contributed by atoms with Crippen LogP contribution in [0.25, 0.3) is 0 Å². The van der Waals surface area contributed by atoms with Crippen LogP contribution >= 0.6 is 0 Å². The van der Waals surface area contributed by atoms with Crippen LogP contribution in [0.5, 0.6) is 0 Å². The molecule has 3 heteroatoms. The number of nitrogens with one attached hydrogen (secondary N) is 2. The van der Waals surface area contributed by atoms with Gasteiger partial charge in [-0.25, -0.2) is 4.39 Å². The van der Waals surface area contributed by atoms with E-state index in [0.717, 1.165) is 18.5 Å². The maximum atomic E-state index is 13.6. The summed E-state index contributed by atoms with van der Waals surface area (Å²) >= 11 is 0. The Morgan fingerprint density at radius 3 is 3.00 bits per heavy atom. The summed E-state index contributed by atoms with van der Waals surface area (Å²) in [5.41, 5.74) is 1.71. The van der Waals surface area contributed by atoms with E-state index in [1.165, 1.54) is 25.3 Å². The summed E-state index contributed by atoms with van der Waals surface area (Å²) in [7, 11) is 0. The van der Waals surface area contributed by atoms with E-state index >= 15 is 0 Å². The van der Waals surface area contributed by atoms with E-state index in [-0.39, 0.29) is 11.9 Å². The molecule has 2 nitrogen and oxygen atoms in total. The molecular formula is C15H23FN2. The van der Waals surface area contributed by atoms with Crippen molar-refractivity contribution in [2.24, 2.45) is 0 Å². The van der Waals surface area contributed by atoms with E-state index in [2.05, 4.69) is 17.6 Å². The SMILES string of the molecule is Cc1ccc(F)c(NC(C)CC2CCCCN2)c1. The molecule has 2 rings (SSSR count). The molecule has 2 atom stereocenters. The fourth-order valence-corrected chi connectivity index (χ4v) is 2.63. The number of hydrogen-bond donors (Lipinski definition) is 2. The fraction of sp³-hybridized carbons (Fsp3) is 0.600. The van der Waals surface area contributed by atoms with Crippen molar-refractivity contribution >= 4 is 5.69 Å². The van der Waals surface area contributed by atoms with Crippen LogP contribution in [0.2, 0.25) is 0 Å². The second-order valence-electron chi connectivity index (χ2n) is 5.41. The van der Waals surface area contributed by atoms with Crippen molar-refractivity contribution in [2.45, 2.75) is 51.6 Å². The first-order valence-corrected chi connectivity index (χ1v) is 6.91. The smallest absolute Gasteiger partial charge is 0.146 e. The largest absolute Gasteiger partial charge is 0.380 e. The zero-order valence-corrected chi connectivity index (χ0v) is 11.3. The molecule has 0 saturated carbocycles. The Labute approximate surface area is 109 Å². The summed E-state index contributed by atoms with van der Waals surface area (Å²) in [5, 5.41) is 6.81. The minimum absolute atomic E-state index is 0.163. The zero-order chi connectivity index (χ0) is 13.0. The third-order valence-corrected chi connectivity index (χ3v) is 3.57. The Morgan fingerprint density at radius 1 is 1.44 bits per heavy atom. The van der Waals surface area contributed by atoms with E-state index in [4.69, 9.17) is 0 Å². The predicted octanol–water partition coefficient (Wildman–Crippen LogP) is 3.47. The average Bonchev–Trinajstić information content (AvgIpc) is 2.35. The van der Waals surface area contributed by atoms with E-state index in [0.29, 0.717) is 11.7 Å². The number of halogens is 1. The van der Waals surface area contributed by atoms with Gasteiger partial charge < -0.3 is 10.6 Å². The van der Waals surface area contributed by atoms with Crippen molar-refractivity contribution in [3.05, 3.63) is 29.6 Å². The van der Waals surface area contributed by atoms with Crippen LogP contribution in [0.1, 0.15) is 38.2 Å². The number of aryl methyl sites for hydroxylation is 1. The van der Waals surface area contributed by atoms with Gasteiger partial charge in [0.1, 0.15) is 5.82 Å². The van der Waals surface area contributed by atoms with E-state index in [1.807, 2.05) is 13.0 Å². The van der Waals surface area contributed by atoms with Gasteiger partial charge in [0.15, 0.2) is 0 Å². The van der Waals surface area contributed by atoms with Crippen molar-refractivity contribution in [1.82, 2.24) is 5.32 Å². The molecule has 100 valence electrons.